The van der Waals surface area contributed by atoms with Gasteiger partial charge in [-0.2, -0.15) is 4.80 Å². The standard InChI is InChI=1S/C30H29N9O3/c1-36-34-28(33-35-36)27(20-5-3-2-4-6-20)37-13-15-38(16-14-37)30(41)25-17-21(11-12-31-25)29-32-24-18-23(9-10-26(24)42-29)39(19-40)22-7-8-22/h2-6,9-12,17-19,22,27H,7-8,13-16H2,1H3. The quantitative estimate of drug-likeness (QED) is 0.262. The van der Waals surface area contributed by atoms with Gasteiger partial charge in [-0.05, 0) is 54.0 Å². The van der Waals surface area contributed by atoms with E-state index in [0.29, 0.717) is 60.3 Å². The van der Waals surface area contributed by atoms with E-state index in [0.717, 1.165) is 30.5 Å². The molecule has 2 amide bonds. The predicted octanol–water partition coefficient (Wildman–Crippen LogP) is 3.09. The first kappa shape index (κ1) is 26.0. The van der Waals surface area contributed by atoms with Gasteiger partial charge in [0, 0.05) is 49.7 Å². The van der Waals surface area contributed by atoms with Crippen LogP contribution in [0.5, 0.6) is 0 Å². The highest BCUT2D eigenvalue weighted by atomic mass is 16.3. The number of benzene rings is 2. The van der Waals surface area contributed by atoms with Crippen LogP contribution >= 0.6 is 0 Å². The summed E-state index contributed by atoms with van der Waals surface area (Å²) in [5, 5.41) is 12.8. The van der Waals surface area contributed by atoms with Crippen LogP contribution in [0.25, 0.3) is 22.6 Å². The van der Waals surface area contributed by atoms with Crippen molar-refractivity contribution in [3.05, 3.63) is 83.9 Å². The Bertz CT molecular complexity index is 1740. The fraction of sp³-hybridized carbons (Fsp3) is 0.300. The van der Waals surface area contributed by atoms with Gasteiger partial charge in [-0.1, -0.05) is 30.3 Å². The minimum Gasteiger partial charge on any atom is -0.436 e. The summed E-state index contributed by atoms with van der Waals surface area (Å²) in [6.07, 6.45) is 4.49. The highest BCUT2D eigenvalue weighted by Gasteiger charge is 2.32. The summed E-state index contributed by atoms with van der Waals surface area (Å²) in [5.41, 5.74) is 4.14. The Morgan fingerprint density at radius 3 is 2.57 bits per heavy atom. The monoisotopic (exact) mass is 563 g/mol. The summed E-state index contributed by atoms with van der Waals surface area (Å²) in [7, 11) is 1.75. The number of anilines is 1. The van der Waals surface area contributed by atoms with Gasteiger partial charge < -0.3 is 14.2 Å². The molecule has 7 rings (SSSR count). The molecule has 1 aliphatic carbocycles. The zero-order valence-electron chi connectivity index (χ0n) is 23.1. The fourth-order valence-corrected chi connectivity index (χ4v) is 5.50. The number of tetrazole rings is 1. The second-order valence-electron chi connectivity index (χ2n) is 10.6. The molecule has 0 spiro atoms. The number of aromatic nitrogens is 6. The molecule has 4 heterocycles. The number of fused-ring (bicyclic) bond motifs is 1. The maximum Gasteiger partial charge on any atom is 0.272 e. The average Bonchev–Trinajstić information content (AvgIpc) is 3.63. The van der Waals surface area contributed by atoms with Crippen molar-refractivity contribution in [1.29, 1.82) is 0 Å². The zero-order chi connectivity index (χ0) is 28.6. The number of carbonyl (C=O) groups excluding carboxylic acids is 2. The Morgan fingerprint density at radius 2 is 1.86 bits per heavy atom. The van der Waals surface area contributed by atoms with Gasteiger partial charge in [0.2, 0.25) is 12.3 Å². The van der Waals surface area contributed by atoms with Gasteiger partial charge in [0.25, 0.3) is 5.91 Å². The Balaban J connectivity index is 1.07. The number of carbonyl (C=O) groups is 2. The minimum absolute atomic E-state index is 0.144. The van der Waals surface area contributed by atoms with E-state index in [1.807, 2.05) is 41.3 Å². The summed E-state index contributed by atoms with van der Waals surface area (Å²) in [6, 6.07) is 19.3. The molecule has 12 nitrogen and oxygen atoms in total. The summed E-state index contributed by atoms with van der Waals surface area (Å²) < 4.78 is 6.01. The van der Waals surface area contributed by atoms with Gasteiger partial charge in [0.05, 0.1) is 13.1 Å². The third-order valence-corrected chi connectivity index (χ3v) is 7.80. The van der Waals surface area contributed by atoms with Gasteiger partial charge >= 0.3 is 0 Å². The molecule has 1 aliphatic heterocycles. The topological polar surface area (TPSA) is 126 Å². The molecular formula is C30H29N9O3. The van der Waals surface area contributed by atoms with Crippen molar-refractivity contribution < 1.29 is 14.0 Å². The van der Waals surface area contributed by atoms with Crippen LogP contribution in [0.15, 0.2) is 71.3 Å². The number of piperazine rings is 1. The number of hydrogen-bond donors (Lipinski definition) is 0. The molecule has 1 atom stereocenters. The number of amides is 2. The van der Waals surface area contributed by atoms with E-state index in [4.69, 9.17) is 4.42 Å². The number of hydrogen-bond acceptors (Lipinski definition) is 9. The molecule has 0 bridgehead atoms. The van der Waals surface area contributed by atoms with Crippen LogP contribution in [-0.2, 0) is 11.8 Å². The molecule has 1 saturated carbocycles. The van der Waals surface area contributed by atoms with E-state index in [-0.39, 0.29) is 18.0 Å². The second-order valence-corrected chi connectivity index (χ2v) is 10.6. The van der Waals surface area contributed by atoms with E-state index < -0.39 is 0 Å². The van der Waals surface area contributed by atoms with E-state index >= 15 is 0 Å². The Labute approximate surface area is 241 Å². The largest absolute Gasteiger partial charge is 0.436 e. The maximum atomic E-state index is 13.5. The number of nitrogens with zero attached hydrogens (tertiary/aromatic N) is 9. The SMILES string of the molecule is Cn1nnc(C(c2ccccc2)N2CCN(C(=O)c3cc(-c4nc5cc(N(C=O)C6CC6)ccc5o4)ccn3)CC2)n1. The first-order valence-electron chi connectivity index (χ1n) is 14.0. The van der Waals surface area contributed by atoms with Crippen molar-refractivity contribution in [1.82, 2.24) is 40.0 Å². The molecule has 0 radical (unpaired) electrons. The highest BCUT2D eigenvalue weighted by Crippen LogP contribution is 2.33. The van der Waals surface area contributed by atoms with Crippen LogP contribution in [0.3, 0.4) is 0 Å². The van der Waals surface area contributed by atoms with Crippen molar-refractivity contribution in [3.8, 4) is 11.5 Å². The Hall–Kier alpha value is -4.97. The molecule has 12 heteroatoms. The highest BCUT2D eigenvalue weighted by molar-refractivity contribution is 5.93. The minimum atomic E-state index is -0.152. The normalized spacial score (nSPS) is 16.5. The lowest BCUT2D eigenvalue weighted by molar-refractivity contribution is -0.107. The summed E-state index contributed by atoms with van der Waals surface area (Å²) in [4.78, 5) is 41.4. The lowest BCUT2D eigenvalue weighted by atomic mass is 10.0. The molecular weight excluding hydrogens is 534 g/mol. The number of oxazole rings is 1. The third kappa shape index (κ3) is 5.00. The van der Waals surface area contributed by atoms with Crippen molar-refractivity contribution >= 4 is 29.1 Å². The van der Waals surface area contributed by atoms with E-state index in [9.17, 15) is 9.59 Å². The van der Waals surface area contributed by atoms with Gasteiger partial charge in [0.15, 0.2) is 11.4 Å². The maximum absolute atomic E-state index is 13.5. The van der Waals surface area contributed by atoms with Crippen molar-refractivity contribution in [2.75, 3.05) is 31.1 Å². The summed E-state index contributed by atoms with van der Waals surface area (Å²) >= 11 is 0. The first-order valence-corrected chi connectivity index (χ1v) is 14.0. The smallest absolute Gasteiger partial charge is 0.272 e. The lowest BCUT2D eigenvalue weighted by Gasteiger charge is -2.38. The Morgan fingerprint density at radius 1 is 1.05 bits per heavy atom. The van der Waals surface area contributed by atoms with Gasteiger partial charge in [-0.15, -0.1) is 10.2 Å². The van der Waals surface area contributed by atoms with Crippen LogP contribution in [0.4, 0.5) is 5.69 Å². The summed E-state index contributed by atoms with van der Waals surface area (Å²) in [5.74, 6) is 0.888. The van der Waals surface area contributed by atoms with Crippen LogP contribution < -0.4 is 4.90 Å². The molecule has 2 aromatic carbocycles. The van der Waals surface area contributed by atoms with Gasteiger partial charge in [0.1, 0.15) is 11.2 Å². The molecule has 5 aromatic rings. The second kappa shape index (κ2) is 10.8. The van der Waals surface area contributed by atoms with Crippen LogP contribution in [0, 0.1) is 0 Å². The molecule has 212 valence electrons. The molecule has 3 aromatic heterocycles. The van der Waals surface area contributed by atoms with Crippen molar-refractivity contribution in [3.63, 3.8) is 0 Å². The molecule has 2 aliphatic rings. The van der Waals surface area contributed by atoms with Crippen molar-refractivity contribution in [2.45, 2.75) is 24.9 Å². The third-order valence-electron chi connectivity index (χ3n) is 7.80. The molecule has 42 heavy (non-hydrogen) atoms. The summed E-state index contributed by atoms with van der Waals surface area (Å²) in [6.45, 7) is 2.37. The van der Waals surface area contributed by atoms with Crippen LogP contribution in [0.2, 0.25) is 0 Å². The molecule has 0 N–H and O–H groups in total. The van der Waals surface area contributed by atoms with Crippen LogP contribution in [-0.4, -0.2) is 84.5 Å². The first-order chi connectivity index (χ1) is 20.6. The molecule has 2 fully saturated rings. The zero-order valence-corrected chi connectivity index (χ0v) is 23.1. The van der Waals surface area contributed by atoms with E-state index in [1.165, 1.54) is 4.80 Å². The predicted molar refractivity (Wildman–Crippen MR) is 153 cm³/mol. The molecule has 1 unspecified atom stereocenters. The number of rotatable bonds is 8. The van der Waals surface area contributed by atoms with Crippen LogP contribution in [0.1, 0.15) is 40.8 Å². The Kier molecular flexibility index (Phi) is 6.67. The number of aryl methyl sites for hydroxylation is 1. The van der Waals surface area contributed by atoms with Crippen molar-refractivity contribution in [2.24, 2.45) is 7.05 Å². The van der Waals surface area contributed by atoms with E-state index in [2.05, 4.69) is 42.4 Å². The number of pyridine rings is 1. The van der Waals surface area contributed by atoms with Gasteiger partial charge in [-0.25, -0.2) is 4.98 Å². The van der Waals surface area contributed by atoms with Gasteiger partial charge in [-0.3, -0.25) is 19.5 Å². The molecule has 1 saturated heterocycles. The fourth-order valence-electron chi connectivity index (χ4n) is 5.50. The average molecular weight is 564 g/mol. The lowest BCUT2D eigenvalue weighted by Crippen LogP contribution is -2.50. The van der Waals surface area contributed by atoms with E-state index in [1.54, 1.807) is 30.3 Å².